The smallest absolute Gasteiger partial charge is 0.160 e. The lowest BCUT2D eigenvalue weighted by Crippen LogP contribution is -2.16. The normalized spacial score (nSPS) is 13.5. The Balaban J connectivity index is 1.31. The second-order valence-electron chi connectivity index (χ2n) is 14.1. The molecule has 1 aliphatic rings. The molecule has 0 fully saturated rings. The van der Waals surface area contributed by atoms with E-state index in [9.17, 15) is 0 Å². The fourth-order valence-electron chi connectivity index (χ4n) is 8.73. The quantitative estimate of drug-likeness (QED) is 0.191. The molecule has 51 heavy (non-hydrogen) atoms. The topological polar surface area (TPSA) is 43.9 Å². The SMILES string of the molecule is CC1(C)c2ccccc2-c2c1c1c(c3ccccc3n1-c1ccc3nc(-c4ccccc4)nc(-c4ccccc4)c3c1)c1oc3ccccc3c21. The molecule has 0 saturated carbocycles. The van der Waals surface area contributed by atoms with Crippen molar-refractivity contribution in [2.24, 2.45) is 0 Å². The summed E-state index contributed by atoms with van der Waals surface area (Å²) in [6.07, 6.45) is 0. The van der Waals surface area contributed by atoms with Crippen molar-refractivity contribution in [2.75, 3.05) is 0 Å². The van der Waals surface area contributed by atoms with Crippen molar-refractivity contribution in [1.82, 2.24) is 14.5 Å². The van der Waals surface area contributed by atoms with Crippen molar-refractivity contribution in [2.45, 2.75) is 19.3 Å². The maximum Gasteiger partial charge on any atom is 0.160 e. The van der Waals surface area contributed by atoms with Crippen LogP contribution in [0.2, 0.25) is 0 Å². The number of hydrogen-bond donors (Lipinski definition) is 0. The molecule has 0 atom stereocenters. The number of rotatable bonds is 3. The van der Waals surface area contributed by atoms with Gasteiger partial charge in [-0.05, 0) is 52.6 Å². The standard InChI is InChI=1S/C47H31N3O/c1-47(2)35-22-12-9-19-31(35)39-40-33-21-11-14-24-38(33)51-45(40)41-32-20-10-13-23-37(32)50(44(41)42(39)47)30-25-26-36-34(27-30)43(28-15-5-3-6-16-28)49-46(48-36)29-17-7-4-8-18-29/h3-27H,1-2H3. The Labute approximate surface area is 294 Å². The van der Waals surface area contributed by atoms with Gasteiger partial charge >= 0.3 is 0 Å². The Kier molecular flexibility index (Phi) is 5.70. The molecule has 0 aliphatic heterocycles. The van der Waals surface area contributed by atoms with Gasteiger partial charge in [0.2, 0.25) is 0 Å². The number of nitrogens with zero attached hydrogens (tertiary/aromatic N) is 3. The van der Waals surface area contributed by atoms with Crippen LogP contribution in [0.15, 0.2) is 156 Å². The predicted octanol–water partition coefficient (Wildman–Crippen LogP) is 12.3. The predicted molar refractivity (Wildman–Crippen MR) is 210 cm³/mol. The molecule has 0 bridgehead atoms. The Morgan fingerprint density at radius 1 is 0.588 bits per heavy atom. The minimum absolute atomic E-state index is 0.261. The van der Waals surface area contributed by atoms with E-state index in [0.717, 1.165) is 66.7 Å². The van der Waals surface area contributed by atoms with Crippen molar-refractivity contribution < 1.29 is 4.42 Å². The van der Waals surface area contributed by atoms with Crippen LogP contribution in [0.4, 0.5) is 0 Å². The molecule has 0 saturated heterocycles. The lowest BCUT2D eigenvalue weighted by molar-refractivity contribution is 0.662. The molecule has 3 heterocycles. The molecule has 0 radical (unpaired) electrons. The first kappa shape index (κ1) is 28.3. The third-order valence-electron chi connectivity index (χ3n) is 10.9. The van der Waals surface area contributed by atoms with Crippen LogP contribution in [0, 0.1) is 0 Å². The van der Waals surface area contributed by atoms with Gasteiger partial charge in [0.1, 0.15) is 11.2 Å². The van der Waals surface area contributed by atoms with E-state index in [0.29, 0.717) is 0 Å². The summed E-state index contributed by atoms with van der Waals surface area (Å²) < 4.78 is 9.36. The number of para-hydroxylation sites is 2. The van der Waals surface area contributed by atoms with Crippen molar-refractivity contribution in [3.63, 3.8) is 0 Å². The van der Waals surface area contributed by atoms with Crippen LogP contribution in [0.3, 0.4) is 0 Å². The highest BCUT2D eigenvalue weighted by Crippen LogP contribution is 2.57. The molecular weight excluding hydrogens is 623 g/mol. The van der Waals surface area contributed by atoms with Gasteiger partial charge < -0.3 is 8.98 Å². The van der Waals surface area contributed by atoms with Gasteiger partial charge in [0, 0.05) is 43.8 Å². The number of benzene rings is 7. The molecule has 11 rings (SSSR count). The number of hydrogen-bond acceptors (Lipinski definition) is 3. The zero-order valence-electron chi connectivity index (χ0n) is 28.2. The van der Waals surface area contributed by atoms with Gasteiger partial charge in [-0.3, -0.25) is 0 Å². The summed E-state index contributed by atoms with van der Waals surface area (Å²) >= 11 is 0. The Bertz CT molecular complexity index is 3040. The first-order chi connectivity index (χ1) is 25.1. The van der Waals surface area contributed by atoms with E-state index in [1.165, 1.54) is 38.5 Å². The second-order valence-corrected chi connectivity index (χ2v) is 14.1. The Morgan fingerprint density at radius 3 is 2.10 bits per heavy atom. The Hall–Kier alpha value is -6.52. The summed E-state index contributed by atoms with van der Waals surface area (Å²) in [6.45, 7) is 4.75. The molecule has 0 amide bonds. The third kappa shape index (κ3) is 3.85. The zero-order valence-corrected chi connectivity index (χ0v) is 28.2. The highest BCUT2D eigenvalue weighted by atomic mass is 16.3. The summed E-state index contributed by atoms with van der Waals surface area (Å²) in [6, 6.07) is 53.5. The van der Waals surface area contributed by atoms with E-state index in [-0.39, 0.29) is 5.41 Å². The van der Waals surface area contributed by atoms with Gasteiger partial charge in [0.15, 0.2) is 5.82 Å². The summed E-state index contributed by atoms with van der Waals surface area (Å²) in [5.74, 6) is 0.719. The van der Waals surface area contributed by atoms with Crippen molar-refractivity contribution in [3.05, 3.63) is 163 Å². The highest BCUT2D eigenvalue weighted by molar-refractivity contribution is 6.30. The zero-order chi connectivity index (χ0) is 33.8. The average Bonchev–Trinajstić information content (AvgIpc) is 3.81. The molecule has 240 valence electrons. The lowest BCUT2D eigenvalue weighted by atomic mass is 9.81. The van der Waals surface area contributed by atoms with Crippen LogP contribution >= 0.6 is 0 Å². The second kappa shape index (κ2) is 10.3. The molecule has 7 aromatic carbocycles. The molecule has 4 nitrogen and oxygen atoms in total. The maximum absolute atomic E-state index is 6.90. The lowest BCUT2D eigenvalue weighted by Gasteiger charge is -2.24. The van der Waals surface area contributed by atoms with E-state index in [1.54, 1.807) is 0 Å². The maximum atomic E-state index is 6.90. The van der Waals surface area contributed by atoms with Gasteiger partial charge in [-0.2, -0.15) is 0 Å². The van der Waals surface area contributed by atoms with Crippen LogP contribution in [0.1, 0.15) is 25.0 Å². The summed E-state index contributed by atoms with van der Waals surface area (Å²) in [5, 5.41) is 5.68. The third-order valence-corrected chi connectivity index (χ3v) is 10.9. The number of furan rings is 1. The fraction of sp³-hybridized carbons (Fsp3) is 0.0638. The van der Waals surface area contributed by atoms with Gasteiger partial charge in [-0.25, -0.2) is 9.97 Å². The van der Waals surface area contributed by atoms with Gasteiger partial charge in [-0.1, -0.05) is 135 Å². The summed E-state index contributed by atoms with van der Waals surface area (Å²) in [4.78, 5) is 10.3. The van der Waals surface area contributed by atoms with Gasteiger partial charge in [0.25, 0.3) is 0 Å². The van der Waals surface area contributed by atoms with Crippen molar-refractivity contribution >= 4 is 54.6 Å². The van der Waals surface area contributed by atoms with Gasteiger partial charge in [0.05, 0.1) is 27.6 Å². The largest absolute Gasteiger partial charge is 0.455 e. The molecule has 3 aromatic heterocycles. The van der Waals surface area contributed by atoms with Gasteiger partial charge in [-0.15, -0.1) is 0 Å². The molecule has 0 unspecified atom stereocenters. The summed E-state index contributed by atoms with van der Waals surface area (Å²) in [5.41, 5.74) is 14.1. The van der Waals surface area contributed by atoms with E-state index < -0.39 is 0 Å². The monoisotopic (exact) mass is 653 g/mol. The highest BCUT2D eigenvalue weighted by Gasteiger charge is 2.41. The molecule has 1 aliphatic carbocycles. The van der Waals surface area contributed by atoms with E-state index >= 15 is 0 Å². The van der Waals surface area contributed by atoms with Crippen molar-refractivity contribution in [3.8, 4) is 39.5 Å². The molecule has 10 aromatic rings. The van der Waals surface area contributed by atoms with E-state index in [1.807, 2.05) is 24.3 Å². The van der Waals surface area contributed by atoms with Crippen LogP contribution < -0.4 is 0 Å². The van der Waals surface area contributed by atoms with Crippen LogP contribution in [-0.2, 0) is 5.41 Å². The number of aromatic nitrogens is 3. The van der Waals surface area contributed by atoms with Crippen LogP contribution in [0.5, 0.6) is 0 Å². The van der Waals surface area contributed by atoms with E-state index in [4.69, 9.17) is 14.4 Å². The number of fused-ring (bicyclic) bond motifs is 13. The fourth-order valence-corrected chi connectivity index (χ4v) is 8.73. The first-order valence-electron chi connectivity index (χ1n) is 17.5. The van der Waals surface area contributed by atoms with Crippen molar-refractivity contribution in [1.29, 1.82) is 0 Å². The van der Waals surface area contributed by atoms with E-state index in [2.05, 4.69) is 146 Å². The average molecular weight is 654 g/mol. The minimum Gasteiger partial charge on any atom is -0.455 e. The molecule has 0 spiro atoms. The van der Waals surface area contributed by atoms with Crippen LogP contribution in [0.25, 0.3) is 94.1 Å². The first-order valence-corrected chi connectivity index (χ1v) is 17.5. The molecular formula is C47H31N3O. The summed E-state index contributed by atoms with van der Waals surface area (Å²) in [7, 11) is 0. The molecule has 0 N–H and O–H groups in total. The Morgan fingerprint density at radius 2 is 1.27 bits per heavy atom. The van der Waals surface area contributed by atoms with Crippen LogP contribution in [-0.4, -0.2) is 14.5 Å². The minimum atomic E-state index is -0.261. The molecule has 4 heteroatoms.